The molecule has 0 saturated carbocycles. The Hall–Kier alpha value is -1.28. The van der Waals surface area contributed by atoms with Crippen LogP contribution in [0.25, 0.3) is 0 Å². The van der Waals surface area contributed by atoms with Crippen molar-refractivity contribution in [2.45, 2.75) is 334 Å². The highest BCUT2D eigenvalue weighted by Crippen LogP contribution is 2.43. The van der Waals surface area contributed by atoms with Gasteiger partial charge in [0.05, 0.1) is 39.9 Å². The third-order valence-corrected chi connectivity index (χ3v) is 15.8. The molecule has 0 aliphatic carbocycles. The number of aliphatic hydroxyl groups is 1. The summed E-state index contributed by atoms with van der Waals surface area (Å²) in [6.07, 6.45) is 74.2. The highest BCUT2D eigenvalue weighted by atomic mass is 31.2. The summed E-state index contributed by atoms with van der Waals surface area (Å²) in [5, 5.41) is 14.0. The Balaban J connectivity index is 4.16. The number of nitrogens with one attached hydrogen (secondary N) is 1. The number of nitrogens with zero attached hydrogens (tertiary/aromatic N) is 1. The molecule has 438 valence electrons. The Morgan fingerprint density at radius 2 is 0.743 bits per heavy atom. The number of amides is 1. The lowest BCUT2D eigenvalue weighted by molar-refractivity contribution is -0.870. The molecule has 0 aromatic heterocycles. The van der Waals surface area contributed by atoms with Crippen molar-refractivity contribution in [2.75, 3.05) is 40.9 Å². The summed E-state index contributed by atoms with van der Waals surface area (Å²) in [6.45, 7) is 4.84. The first-order valence-corrected chi connectivity index (χ1v) is 33.9. The van der Waals surface area contributed by atoms with Crippen LogP contribution in [0.4, 0.5) is 0 Å². The number of unbranched alkanes of at least 4 members (excludes halogenated alkanes) is 43. The minimum Gasteiger partial charge on any atom is -0.387 e. The van der Waals surface area contributed by atoms with Gasteiger partial charge in [0.2, 0.25) is 5.91 Å². The molecule has 0 aromatic rings. The van der Waals surface area contributed by atoms with E-state index in [1.807, 2.05) is 27.2 Å². The molecule has 0 aliphatic rings. The summed E-state index contributed by atoms with van der Waals surface area (Å²) in [7, 11) is 1.57. The molecule has 74 heavy (non-hydrogen) atoms. The van der Waals surface area contributed by atoms with Crippen LogP contribution < -0.4 is 5.32 Å². The van der Waals surface area contributed by atoms with Gasteiger partial charge >= 0.3 is 7.82 Å². The molecular formula is C65H128N2O6P+. The summed E-state index contributed by atoms with van der Waals surface area (Å²) in [4.78, 5) is 23.4. The molecule has 8 nitrogen and oxygen atoms in total. The number of phosphoric ester groups is 1. The van der Waals surface area contributed by atoms with Gasteiger partial charge in [-0.05, 0) is 57.8 Å². The summed E-state index contributed by atoms with van der Waals surface area (Å²) in [5.41, 5.74) is 0. The number of allylic oxidation sites excluding steroid dienone is 5. The van der Waals surface area contributed by atoms with Crippen LogP contribution in [0.15, 0.2) is 36.5 Å². The number of hydrogen-bond donors (Lipinski definition) is 3. The van der Waals surface area contributed by atoms with E-state index in [9.17, 15) is 19.4 Å². The zero-order chi connectivity index (χ0) is 54.2. The molecular weight excluding hydrogens is 936 g/mol. The smallest absolute Gasteiger partial charge is 0.387 e. The molecule has 0 aliphatic heterocycles. The monoisotopic (exact) mass is 1060 g/mol. The van der Waals surface area contributed by atoms with Gasteiger partial charge in [0.15, 0.2) is 0 Å². The van der Waals surface area contributed by atoms with Gasteiger partial charge in [-0.1, -0.05) is 294 Å². The molecule has 0 spiro atoms. The van der Waals surface area contributed by atoms with E-state index in [4.69, 9.17) is 9.05 Å². The first kappa shape index (κ1) is 72.7. The summed E-state index contributed by atoms with van der Waals surface area (Å²) in [5.74, 6) is -0.182. The first-order valence-electron chi connectivity index (χ1n) is 32.4. The number of hydrogen-bond acceptors (Lipinski definition) is 5. The lowest BCUT2D eigenvalue weighted by atomic mass is 10.0. The highest BCUT2D eigenvalue weighted by Gasteiger charge is 2.27. The maximum Gasteiger partial charge on any atom is 0.472 e. The van der Waals surface area contributed by atoms with E-state index in [0.717, 1.165) is 38.5 Å². The highest BCUT2D eigenvalue weighted by molar-refractivity contribution is 7.47. The van der Waals surface area contributed by atoms with Crippen molar-refractivity contribution in [1.82, 2.24) is 5.32 Å². The van der Waals surface area contributed by atoms with Crippen molar-refractivity contribution in [3.8, 4) is 0 Å². The van der Waals surface area contributed by atoms with Crippen LogP contribution in [0, 0.1) is 0 Å². The molecule has 0 radical (unpaired) electrons. The number of aliphatic hydroxyl groups excluding tert-OH is 1. The van der Waals surface area contributed by atoms with E-state index in [1.54, 1.807) is 6.08 Å². The van der Waals surface area contributed by atoms with E-state index in [0.29, 0.717) is 17.4 Å². The molecule has 3 atom stereocenters. The molecule has 1 amide bonds. The third kappa shape index (κ3) is 58.4. The number of carbonyl (C=O) groups is 1. The molecule has 0 saturated heterocycles. The Kier molecular flexibility index (Phi) is 55.5. The van der Waals surface area contributed by atoms with E-state index in [2.05, 4.69) is 43.5 Å². The van der Waals surface area contributed by atoms with E-state index < -0.39 is 20.0 Å². The van der Waals surface area contributed by atoms with Crippen LogP contribution in [0.2, 0.25) is 0 Å². The number of rotatable bonds is 60. The van der Waals surface area contributed by atoms with Gasteiger partial charge in [0, 0.05) is 6.42 Å². The van der Waals surface area contributed by atoms with Gasteiger partial charge in [0.1, 0.15) is 13.2 Å². The lowest BCUT2D eigenvalue weighted by Crippen LogP contribution is -2.45. The predicted octanol–water partition coefficient (Wildman–Crippen LogP) is 20.1. The second-order valence-electron chi connectivity index (χ2n) is 23.5. The van der Waals surface area contributed by atoms with E-state index >= 15 is 0 Å². The van der Waals surface area contributed by atoms with Crippen LogP contribution in [-0.4, -0.2) is 73.4 Å². The van der Waals surface area contributed by atoms with Crippen molar-refractivity contribution in [2.24, 2.45) is 0 Å². The van der Waals surface area contributed by atoms with Gasteiger partial charge in [-0.3, -0.25) is 13.8 Å². The molecule has 0 heterocycles. The quantitative estimate of drug-likeness (QED) is 0.0243. The number of quaternary nitrogens is 1. The first-order chi connectivity index (χ1) is 36.0. The van der Waals surface area contributed by atoms with E-state index in [-0.39, 0.29) is 19.1 Å². The minimum atomic E-state index is -4.36. The molecule has 0 aromatic carbocycles. The fourth-order valence-electron chi connectivity index (χ4n) is 9.76. The Bertz CT molecular complexity index is 1300. The fraction of sp³-hybridized carbons (Fsp3) is 0.892. The minimum absolute atomic E-state index is 0.0573. The molecule has 0 bridgehead atoms. The third-order valence-electron chi connectivity index (χ3n) is 14.8. The molecule has 3 N–H and O–H groups in total. The molecule has 0 rings (SSSR count). The number of likely N-dealkylation sites (N-methyl/N-ethyl adjacent to an activating group) is 1. The summed E-state index contributed by atoms with van der Waals surface area (Å²) < 4.78 is 23.8. The topological polar surface area (TPSA) is 105 Å². The van der Waals surface area contributed by atoms with Gasteiger partial charge < -0.3 is 19.8 Å². The second-order valence-corrected chi connectivity index (χ2v) is 24.9. The predicted molar refractivity (Wildman–Crippen MR) is 323 cm³/mol. The Morgan fingerprint density at radius 1 is 0.446 bits per heavy atom. The maximum absolute atomic E-state index is 13.0. The number of phosphoric acid groups is 1. The van der Waals surface area contributed by atoms with Crippen molar-refractivity contribution >= 4 is 13.7 Å². The van der Waals surface area contributed by atoms with Crippen LogP contribution >= 0.6 is 7.82 Å². The van der Waals surface area contributed by atoms with Gasteiger partial charge in [-0.25, -0.2) is 4.57 Å². The Labute approximate surface area is 461 Å². The van der Waals surface area contributed by atoms with Gasteiger partial charge in [-0.2, -0.15) is 0 Å². The molecule has 0 fully saturated rings. The van der Waals surface area contributed by atoms with Gasteiger partial charge in [-0.15, -0.1) is 0 Å². The Morgan fingerprint density at radius 3 is 1.08 bits per heavy atom. The number of carbonyl (C=O) groups excluding carboxylic acids is 1. The second kappa shape index (κ2) is 56.4. The van der Waals surface area contributed by atoms with E-state index in [1.165, 1.54) is 263 Å². The SMILES string of the molecule is CCCCCCCCCC/C=C\CCCCCCCCCCCCCCCC(=O)NC(COP(=O)(O)OCC[N+](C)(C)C)C(O)/C=C/CC/C=C/CCCCCCCCCCCCCCCCCCCCCCC. The largest absolute Gasteiger partial charge is 0.472 e. The van der Waals surface area contributed by atoms with Crippen molar-refractivity contribution in [1.29, 1.82) is 0 Å². The van der Waals surface area contributed by atoms with Crippen molar-refractivity contribution in [3.63, 3.8) is 0 Å². The maximum atomic E-state index is 13.0. The fourth-order valence-corrected chi connectivity index (χ4v) is 10.5. The van der Waals surface area contributed by atoms with Crippen LogP contribution in [0.3, 0.4) is 0 Å². The molecule has 3 unspecified atom stereocenters. The standard InChI is InChI=1S/C65H127N2O6P/c1-6-8-10-12-14-16-18-20-22-24-26-28-30-32-33-35-36-38-40-42-44-46-48-50-52-54-56-58-64(68)63(62-73-74(70,71)72-61-60-67(3,4)5)66-65(69)59-57-55-53-51-49-47-45-43-41-39-37-34-31-29-27-25-23-21-19-17-15-13-11-9-7-2/h25,27,48,50,56,58,63-64,68H,6-24,26,28-47,49,51-55,57,59-62H2,1-5H3,(H-,66,69,70,71)/p+1/b27-25-,50-48+,58-56+. The molecule has 9 heteroatoms. The van der Waals surface area contributed by atoms with Crippen LogP contribution in [0.1, 0.15) is 322 Å². The normalized spacial score (nSPS) is 14.0. The zero-order valence-corrected chi connectivity index (χ0v) is 51.0. The average molecular weight is 1060 g/mol. The zero-order valence-electron chi connectivity index (χ0n) is 50.1. The average Bonchev–Trinajstić information content (AvgIpc) is 3.36. The van der Waals surface area contributed by atoms with Crippen LogP contribution in [0.5, 0.6) is 0 Å². The van der Waals surface area contributed by atoms with Crippen LogP contribution in [-0.2, 0) is 18.4 Å². The van der Waals surface area contributed by atoms with Gasteiger partial charge in [0.25, 0.3) is 0 Å². The summed E-state index contributed by atoms with van der Waals surface area (Å²) in [6, 6.07) is -0.864. The van der Waals surface area contributed by atoms with Crippen molar-refractivity contribution < 1.29 is 32.9 Å². The van der Waals surface area contributed by atoms with Crippen molar-refractivity contribution in [3.05, 3.63) is 36.5 Å². The lowest BCUT2D eigenvalue weighted by Gasteiger charge is -2.25. The summed E-state index contributed by atoms with van der Waals surface area (Å²) >= 11 is 0.